The lowest BCUT2D eigenvalue weighted by Crippen LogP contribution is -2.32. The second kappa shape index (κ2) is 32.9. The summed E-state index contributed by atoms with van der Waals surface area (Å²) >= 11 is 25.9. The van der Waals surface area contributed by atoms with E-state index in [-0.39, 0.29) is 72.1 Å². The molecule has 2 atom stereocenters. The molecule has 3 amide bonds. The molecule has 0 aliphatic rings. The molecule has 20 heteroatoms. The van der Waals surface area contributed by atoms with Crippen LogP contribution in [0.1, 0.15) is 125 Å². The second-order valence-corrected chi connectivity index (χ2v) is 18.4. The fourth-order valence-electron chi connectivity index (χ4n) is 6.95. The van der Waals surface area contributed by atoms with Gasteiger partial charge in [0.1, 0.15) is 11.4 Å². The van der Waals surface area contributed by atoms with Gasteiger partial charge in [-0.1, -0.05) is 99.8 Å². The van der Waals surface area contributed by atoms with E-state index in [1.54, 1.807) is 12.1 Å². The summed E-state index contributed by atoms with van der Waals surface area (Å²) in [5, 5.41) is 32.3. The van der Waals surface area contributed by atoms with Gasteiger partial charge < -0.3 is 30.5 Å². The summed E-state index contributed by atoms with van der Waals surface area (Å²) in [5.74, 6) is -2.85. The fourth-order valence-corrected chi connectivity index (χ4v) is 7.73. The Morgan fingerprint density at radius 2 is 1.09 bits per heavy atom. The van der Waals surface area contributed by atoms with Crippen molar-refractivity contribution in [3.8, 4) is 0 Å². The van der Waals surface area contributed by atoms with Crippen LogP contribution in [0.2, 0.25) is 20.1 Å². The van der Waals surface area contributed by atoms with E-state index in [0.717, 1.165) is 110 Å². The van der Waals surface area contributed by atoms with Crippen molar-refractivity contribution in [1.82, 2.24) is 20.4 Å². The van der Waals surface area contributed by atoms with Gasteiger partial charge in [-0.15, -0.1) is 5.11 Å². The first-order chi connectivity index (χ1) is 33.6. The smallest absolute Gasteiger partial charge is 0.268 e. The minimum atomic E-state index is -1.63. The topological polar surface area (TPSA) is 210 Å². The summed E-state index contributed by atoms with van der Waals surface area (Å²) in [7, 11) is 0. The van der Waals surface area contributed by atoms with Gasteiger partial charge in [-0.25, -0.2) is 0 Å². The molecule has 0 saturated heterocycles. The number of benzene rings is 3. The molecule has 0 aliphatic carbocycles. The zero-order valence-corrected chi connectivity index (χ0v) is 44.0. The van der Waals surface area contributed by atoms with Crippen LogP contribution in [0.25, 0.3) is 0 Å². The number of hydrogen-bond donors (Lipinski definition) is 4. The Labute approximate surface area is 432 Å². The van der Waals surface area contributed by atoms with Crippen LogP contribution in [0.3, 0.4) is 0 Å². The fraction of sp³-hybridized carbons (Fsp3) is 0.520. The third kappa shape index (κ3) is 20.9. The predicted octanol–water partition coefficient (Wildman–Crippen LogP) is 11.9. The van der Waals surface area contributed by atoms with E-state index in [4.69, 9.17) is 56.5 Å². The molecule has 0 aromatic heterocycles. The molecular formula is C50H68Cl4N10O6. The van der Waals surface area contributed by atoms with E-state index in [1.165, 1.54) is 36.4 Å². The molecule has 382 valence electrons. The zero-order chi connectivity index (χ0) is 51.4. The van der Waals surface area contributed by atoms with Gasteiger partial charge in [-0.3, -0.25) is 29.4 Å². The Morgan fingerprint density at radius 3 is 1.53 bits per heavy atom. The standard InChI is InChI=1S/C50H68Cl4N10O6/c1-6-10-22-63(23-11-7-2)26-14-20-56-47(67)35-16-18-38(51)43(29-35)59-61-46(34(5)65)49(69)58-42-32-40(53)37(28-41(42)54)31-45(66)50(70-33-55)62-60-44-30-36(17-19-39(44)52)48(68)57-21-15-27-64(24-12-8-3)25-13-9-4/h16-19,28-30,32-33,46,50,55H,6-15,20-27,31H2,1-5H3,(H,56,67)(H,57,68)(H,58,69). The van der Waals surface area contributed by atoms with Crippen molar-refractivity contribution in [1.29, 1.82) is 5.41 Å². The number of ether oxygens (including phenoxy) is 1. The van der Waals surface area contributed by atoms with Crippen LogP contribution in [0.4, 0.5) is 17.1 Å². The summed E-state index contributed by atoms with van der Waals surface area (Å²) in [5.41, 5.74) is 0.975. The van der Waals surface area contributed by atoms with Gasteiger partial charge in [0.15, 0.2) is 12.2 Å². The molecule has 0 heterocycles. The lowest BCUT2D eigenvalue weighted by molar-refractivity contribution is -0.126. The number of carbonyl (C=O) groups excluding carboxylic acids is 5. The predicted molar refractivity (Wildman–Crippen MR) is 280 cm³/mol. The summed E-state index contributed by atoms with van der Waals surface area (Å²) < 4.78 is 5.16. The highest BCUT2D eigenvalue weighted by Crippen LogP contribution is 2.32. The van der Waals surface area contributed by atoms with Crippen LogP contribution < -0.4 is 16.0 Å². The second-order valence-electron chi connectivity index (χ2n) is 16.8. The van der Waals surface area contributed by atoms with Gasteiger partial charge in [0.2, 0.25) is 11.8 Å². The van der Waals surface area contributed by atoms with Crippen molar-refractivity contribution in [2.24, 2.45) is 20.5 Å². The van der Waals surface area contributed by atoms with Gasteiger partial charge in [0.05, 0.1) is 20.8 Å². The summed E-state index contributed by atoms with van der Waals surface area (Å²) in [4.78, 5) is 70.4. The van der Waals surface area contributed by atoms with Gasteiger partial charge in [-0.05, 0) is 139 Å². The minimum absolute atomic E-state index is 0.0105. The maximum absolute atomic E-state index is 13.4. The maximum Gasteiger partial charge on any atom is 0.268 e. The van der Waals surface area contributed by atoms with Crippen molar-refractivity contribution in [2.45, 2.75) is 118 Å². The zero-order valence-electron chi connectivity index (χ0n) is 40.9. The molecule has 70 heavy (non-hydrogen) atoms. The number of azo groups is 2. The van der Waals surface area contributed by atoms with E-state index in [9.17, 15) is 24.0 Å². The van der Waals surface area contributed by atoms with Crippen LogP contribution in [0, 0.1) is 5.41 Å². The highest BCUT2D eigenvalue weighted by Gasteiger charge is 2.26. The lowest BCUT2D eigenvalue weighted by atomic mass is 10.1. The summed E-state index contributed by atoms with van der Waals surface area (Å²) in [6, 6.07) is 9.96. The monoisotopic (exact) mass is 1040 g/mol. The third-order valence-electron chi connectivity index (χ3n) is 11.0. The average Bonchev–Trinajstić information content (AvgIpc) is 3.33. The van der Waals surface area contributed by atoms with Crippen LogP contribution in [-0.2, 0) is 25.5 Å². The Bertz CT molecular complexity index is 2250. The van der Waals surface area contributed by atoms with Crippen LogP contribution in [0.15, 0.2) is 69.0 Å². The van der Waals surface area contributed by atoms with Crippen molar-refractivity contribution in [3.63, 3.8) is 0 Å². The summed E-state index contributed by atoms with van der Waals surface area (Å²) in [6.45, 7) is 16.7. The first-order valence-electron chi connectivity index (χ1n) is 24.0. The summed E-state index contributed by atoms with van der Waals surface area (Å²) in [6.07, 6.45) is 9.13. The van der Waals surface area contributed by atoms with Crippen LogP contribution >= 0.6 is 46.4 Å². The molecule has 0 fully saturated rings. The highest BCUT2D eigenvalue weighted by atomic mass is 35.5. The van der Waals surface area contributed by atoms with Gasteiger partial charge in [-0.2, -0.15) is 15.3 Å². The number of nitrogens with one attached hydrogen (secondary N) is 4. The van der Waals surface area contributed by atoms with Crippen LogP contribution in [0.5, 0.6) is 0 Å². The van der Waals surface area contributed by atoms with Crippen molar-refractivity contribution < 1.29 is 28.7 Å². The molecule has 0 saturated carbocycles. The molecular weight excluding hydrogens is 978 g/mol. The van der Waals surface area contributed by atoms with Gasteiger partial charge in [0.25, 0.3) is 23.9 Å². The first kappa shape index (κ1) is 59.5. The number of Topliss-reactive ketones (excluding diaryl/α,β-unsaturated/α-hetero) is 2. The number of carbonyl (C=O) groups is 5. The van der Waals surface area contributed by atoms with Gasteiger partial charge in [0, 0.05) is 35.7 Å². The molecule has 0 radical (unpaired) electrons. The Hall–Kier alpha value is -4.84. The molecule has 3 aromatic rings. The van der Waals surface area contributed by atoms with E-state index in [1.807, 2.05) is 0 Å². The van der Waals surface area contributed by atoms with Crippen molar-refractivity contribution in [3.05, 3.63) is 85.3 Å². The maximum atomic E-state index is 13.4. The van der Waals surface area contributed by atoms with E-state index < -0.39 is 29.7 Å². The number of nitrogens with zero attached hydrogens (tertiary/aromatic N) is 6. The Morgan fingerprint density at radius 1 is 0.629 bits per heavy atom. The number of unbranched alkanes of at least 4 members (excludes halogenated alkanes) is 4. The molecule has 0 aliphatic heterocycles. The number of anilines is 1. The van der Waals surface area contributed by atoms with Crippen LogP contribution in [-0.4, -0.2) is 110 Å². The van der Waals surface area contributed by atoms with E-state index in [0.29, 0.717) is 19.5 Å². The lowest BCUT2D eigenvalue weighted by Gasteiger charge is -2.21. The third-order valence-corrected chi connectivity index (χ3v) is 12.3. The molecule has 0 spiro atoms. The molecule has 3 rings (SSSR count). The number of halogens is 4. The number of ketones is 2. The first-order valence-corrected chi connectivity index (χ1v) is 25.5. The average molecular weight is 1050 g/mol. The Balaban J connectivity index is 1.65. The van der Waals surface area contributed by atoms with Crippen molar-refractivity contribution in [2.75, 3.05) is 57.7 Å². The number of amides is 3. The minimum Gasteiger partial charge on any atom is -0.450 e. The quantitative estimate of drug-likeness (QED) is 0.0148. The number of rotatable bonds is 34. The van der Waals surface area contributed by atoms with E-state index in [2.05, 4.69) is 73.9 Å². The normalized spacial score (nSPS) is 12.4. The molecule has 16 nitrogen and oxygen atoms in total. The highest BCUT2D eigenvalue weighted by molar-refractivity contribution is 6.36. The molecule has 0 bridgehead atoms. The van der Waals surface area contributed by atoms with E-state index >= 15 is 0 Å². The molecule has 2 unspecified atom stereocenters. The molecule has 3 aromatic carbocycles. The van der Waals surface area contributed by atoms with Crippen molar-refractivity contribution >= 4 is 99.2 Å². The molecule has 4 N–H and O–H groups in total. The Kier molecular flexibility index (Phi) is 28.0. The van der Waals surface area contributed by atoms with Gasteiger partial charge >= 0.3 is 0 Å². The largest absolute Gasteiger partial charge is 0.450 e. The SMILES string of the molecule is CCCCN(CCCC)CCCNC(=O)c1ccc(Cl)c(N=NC(OC=N)C(=O)Cc2cc(Cl)c(NC(=O)C(N=Nc3cc(C(=O)NCCCN(CCCC)CCCC)ccc3Cl)C(C)=O)cc2Cl)c1. The number of hydrogen-bond acceptors (Lipinski definition) is 13.